The van der Waals surface area contributed by atoms with Crippen LogP contribution >= 0.6 is 11.6 Å². The summed E-state index contributed by atoms with van der Waals surface area (Å²) in [6, 6.07) is 13.2. The van der Waals surface area contributed by atoms with Crippen molar-refractivity contribution < 1.29 is 22.7 Å². The molecule has 3 rings (SSSR count). The predicted molar refractivity (Wildman–Crippen MR) is 147 cm³/mol. The van der Waals surface area contributed by atoms with Crippen molar-refractivity contribution in [2.75, 3.05) is 25.1 Å². The van der Waals surface area contributed by atoms with Crippen molar-refractivity contribution in [2.24, 2.45) is 0 Å². The monoisotopic (exact) mass is 544 g/mol. The third kappa shape index (κ3) is 6.19. The minimum Gasteiger partial charge on any atom is -0.495 e. The van der Waals surface area contributed by atoms with Crippen LogP contribution < -0.4 is 19.1 Å². The molecular formula is C28H33ClN2O5S. The van der Waals surface area contributed by atoms with E-state index in [2.05, 4.69) is 11.4 Å². The number of rotatable bonds is 9. The molecule has 37 heavy (non-hydrogen) atoms. The first-order valence-corrected chi connectivity index (χ1v) is 13.6. The van der Waals surface area contributed by atoms with E-state index < -0.39 is 22.5 Å². The Kier molecular flexibility index (Phi) is 8.76. The Balaban J connectivity index is 2.02. The SMILES string of the molecule is COc1ccc(N(CC(=O)N[C@H](C)c2cc(C)c(C)cc2C)S(=O)(=O)c2cc(C)ccc2OC)cc1Cl. The zero-order valence-electron chi connectivity index (χ0n) is 22.2. The van der Waals surface area contributed by atoms with Crippen LogP contribution in [-0.4, -0.2) is 35.1 Å². The first-order chi connectivity index (χ1) is 17.4. The number of halogens is 1. The molecule has 0 fully saturated rings. The Hall–Kier alpha value is -3.23. The fourth-order valence-corrected chi connectivity index (χ4v) is 6.08. The van der Waals surface area contributed by atoms with E-state index in [-0.39, 0.29) is 27.4 Å². The summed E-state index contributed by atoms with van der Waals surface area (Å²) in [6.45, 7) is 9.25. The highest BCUT2D eigenvalue weighted by Crippen LogP contribution is 2.34. The van der Waals surface area contributed by atoms with Gasteiger partial charge in [0.05, 0.1) is 31.0 Å². The molecule has 0 saturated heterocycles. The van der Waals surface area contributed by atoms with Crippen LogP contribution in [0.25, 0.3) is 0 Å². The summed E-state index contributed by atoms with van der Waals surface area (Å²) in [4.78, 5) is 13.2. The van der Waals surface area contributed by atoms with Crippen LogP contribution in [0.3, 0.4) is 0 Å². The molecule has 0 aliphatic carbocycles. The average molecular weight is 545 g/mol. The van der Waals surface area contributed by atoms with Crippen LogP contribution in [0.5, 0.6) is 11.5 Å². The summed E-state index contributed by atoms with van der Waals surface area (Å²) in [5, 5.41) is 3.17. The minimum absolute atomic E-state index is 0.0483. The Morgan fingerprint density at radius 1 is 0.919 bits per heavy atom. The molecule has 3 aromatic carbocycles. The van der Waals surface area contributed by atoms with Crippen LogP contribution in [0.4, 0.5) is 5.69 Å². The molecular weight excluding hydrogens is 512 g/mol. The lowest BCUT2D eigenvalue weighted by atomic mass is 9.96. The first kappa shape index (κ1) is 28.3. The summed E-state index contributed by atoms with van der Waals surface area (Å²) < 4.78 is 39.5. The number of nitrogens with one attached hydrogen (secondary N) is 1. The second-order valence-electron chi connectivity index (χ2n) is 9.07. The Labute approximate surface area is 224 Å². The third-order valence-electron chi connectivity index (χ3n) is 6.32. The Morgan fingerprint density at radius 3 is 2.16 bits per heavy atom. The number of ether oxygens (including phenoxy) is 2. The van der Waals surface area contributed by atoms with Gasteiger partial charge < -0.3 is 14.8 Å². The van der Waals surface area contributed by atoms with Gasteiger partial charge >= 0.3 is 0 Å². The summed E-state index contributed by atoms with van der Waals surface area (Å²) in [5.74, 6) is 0.0983. The van der Waals surface area contributed by atoms with Crippen molar-refractivity contribution in [1.29, 1.82) is 0 Å². The molecule has 3 aromatic rings. The molecule has 0 bridgehead atoms. The van der Waals surface area contributed by atoms with E-state index in [1.807, 2.05) is 33.8 Å². The molecule has 0 aliphatic rings. The van der Waals surface area contributed by atoms with Gasteiger partial charge in [-0.1, -0.05) is 29.8 Å². The van der Waals surface area contributed by atoms with Gasteiger partial charge in [0, 0.05) is 0 Å². The van der Waals surface area contributed by atoms with E-state index in [0.29, 0.717) is 5.75 Å². The number of benzene rings is 3. The lowest BCUT2D eigenvalue weighted by Gasteiger charge is -2.26. The van der Waals surface area contributed by atoms with Gasteiger partial charge in [0.2, 0.25) is 5.91 Å². The van der Waals surface area contributed by atoms with E-state index in [0.717, 1.165) is 26.6 Å². The number of aryl methyl sites for hydroxylation is 4. The first-order valence-electron chi connectivity index (χ1n) is 11.8. The van der Waals surface area contributed by atoms with Crippen LogP contribution in [0, 0.1) is 27.7 Å². The summed E-state index contributed by atoms with van der Waals surface area (Å²) in [6.07, 6.45) is 0. The number of sulfonamides is 1. The molecule has 0 aromatic heterocycles. The van der Waals surface area contributed by atoms with Gasteiger partial charge in [-0.05, 0) is 92.8 Å². The van der Waals surface area contributed by atoms with E-state index in [1.165, 1.54) is 31.9 Å². The fourth-order valence-electron chi connectivity index (χ4n) is 4.17. The minimum atomic E-state index is -4.22. The standard InChI is InChI=1S/C28H33ClN2O5S/c1-17-8-10-26(36-7)27(12-17)37(33,34)31(22-9-11-25(35-6)24(29)15-22)16-28(32)30-21(5)23-14-19(3)18(2)13-20(23)4/h8-15,21H,16H2,1-7H3,(H,30,32)/t21-/m1/s1. The molecule has 9 heteroatoms. The van der Waals surface area contributed by atoms with Crippen molar-refractivity contribution in [1.82, 2.24) is 5.32 Å². The number of amides is 1. The van der Waals surface area contributed by atoms with Crippen LogP contribution in [0.15, 0.2) is 53.4 Å². The molecule has 0 radical (unpaired) electrons. The number of hydrogen-bond donors (Lipinski definition) is 1. The molecule has 0 saturated carbocycles. The van der Waals surface area contributed by atoms with Crippen molar-refractivity contribution in [3.63, 3.8) is 0 Å². The normalized spacial score (nSPS) is 12.1. The molecule has 0 heterocycles. The molecule has 0 aliphatic heterocycles. The fraction of sp³-hybridized carbons (Fsp3) is 0.321. The number of carbonyl (C=O) groups excluding carboxylic acids is 1. The van der Waals surface area contributed by atoms with Gasteiger partial charge in [-0.2, -0.15) is 0 Å². The molecule has 1 N–H and O–H groups in total. The highest BCUT2D eigenvalue weighted by molar-refractivity contribution is 7.93. The van der Waals surface area contributed by atoms with Crippen molar-refractivity contribution in [3.05, 3.63) is 81.4 Å². The lowest BCUT2D eigenvalue weighted by Crippen LogP contribution is -2.41. The van der Waals surface area contributed by atoms with Crippen LogP contribution in [-0.2, 0) is 14.8 Å². The Morgan fingerprint density at radius 2 is 1.54 bits per heavy atom. The van der Waals surface area contributed by atoms with Crippen LogP contribution in [0.1, 0.15) is 40.8 Å². The van der Waals surface area contributed by atoms with E-state index in [1.54, 1.807) is 31.2 Å². The van der Waals surface area contributed by atoms with E-state index >= 15 is 0 Å². The maximum Gasteiger partial charge on any atom is 0.268 e. The zero-order chi connectivity index (χ0) is 27.5. The van der Waals surface area contributed by atoms with E-state index in [9.17, 15) is 13.2 Å². The Bertz CT molecular complexity index is 1420. The lowest BCUT2D eigenvalue weighted by molar-refractivity contribution is -0.120. The van der Waals surface area contributed by atoms with Crippen molar-refractivity contribution in [3.8, 4) is 11.5 Å². The molecule has 1 atom stereocenters. The number of hydrogen-bond acceptors (Lipinski definition) is 5. The predicted octanol–water partition coefficient (Wildman–Crippen LogP) is 5.66. The molecule has 7 nitrogen and oxygen atoms in total. The number of carbonyl (C=O) groups is 1. The molecule has 0 unspecified atom stereocenters. The van der Waals surface area contributed by atoms with Gasteiger partial charge in [0.25, 0.3) is 10.0 Å². The number of methoxy groups -OCH3 is 2. The van der Waals surface area contributed by atoms with E-state index in [4.69, 9.17) is 21.1 Å². The summed E-state index contributed by atoms with van der Waals surface area (Å²) >= 11 is 6.33. The second-order valence-corrected chi connectivity index (χ2v) is 11.3. The van der Waals surface area contributed by atoms with Gasteiger partial charge in [-0.25, -0.2) is 8.42 Å². The van der Waals surface area contributed by atoms with Gasteiger partial charge in [-0.15, -0.1) is 0 Å². The molecule has 0 spiro atoms. The van der Waals surface area contributed by atoms with Crippen molar-refractivity contribution >= 4 is 33.2 Å². The van der Waals surface area contributed by atoms with Gasteiger partial charge in [0.15, 0.2) is 0 Å². The maximum atomic E-state index is 13.9. The largest absolute Gasteiger partial charge is 0.495 e. The summed E-state index contributed by atoms with van der Waals surface area (Å²) in [5.41, 5.74) is 5.26. The highest BCUT2D eigenvalue weighted by atomic mass is 35.5. The van der Waals surface area contributed by atoms with Crippen molar-refractivity contribution in [2.45, 2.75) is 45.6 Å². The average Bonchev–Trinajstić information content (AvgIpc) is 2.84. The topological polar surface area (TPSA) is 84.9 Å². The number of nitrogens with zero attached hydrogens (tertiary/aromatic N) is 1. The zero-order valence-corrected chi connectivity index (χ0v) is 23.8. The third-order valence-corrected chi connectivity index (χ3v) is 8.41. The molecule has 198 valence electrons. The maximum absolute atomic E-state index is 13.9. The highest BCUT2D eigenvalue weighted by Gasteiger charge is 2.31. The van der Waals surface area contributed by atoms with Crippen LogP contribution in [0.2, 0.25) is 5.02 Å². The second kappa shape index (κ2) is 11.4. The van der Waals surface area contributed by atoms with Gasteiger partial charge in [0.1, 0.15) is 22.9 Å². The molecule has 1 amide bonds. The number of anilines is 1. The van der Waals surface area contributed by atoms with Gasteiger partial charge in [-0.3, -0.25) is 9.10 Å². The quantitative estimate of drug-likeness (QED) is 0.375. The summed E-state index contributed by atoms with van der Waals surface area (Å²) in [7, 11) is -1.35. The smallest absolute Gasteiger partial charge is 0.268 e.